The Labute approximate surface area is 114 Å². The quantitative estimate of drug-likeness (QED) is 0.827. The minimum absolute atomic E-state index is 0.0150. The molecule has 0 aromatic heterocycles. The third-order valence-electron chi connectivity index (χ3n) is 3.27. The Balaban J connectivity index is 2.66. The Morgan fingerprint density at radius 3 is 2.58 bits per heavy atom. The highest BCUT2D eigenvalue weighted by atomic mass is 19.1. The van der Waals surface area contributed by atoms with Gasteiger partial charge in [-0.2, -0.15) is 0 Å². The van der Waals surface area contributed by atoms with Crippen molar-refractivity contribution in [3.05, 3.63) is 35.6 Å². The minimum Gasteiger partial charge on any atom is -0.355 e. The predicted molar refractivity (Wildman–Crippen MR) is 75.5 cm³/mol. The molecule has 0 radical (unpaired) electrons. The van der Waals surface area contributed by atoms with E-state index < -0.39 is 5.41 Å². The van der Waals surface area contributed by atoms with E-state index in [0.29, 0.717) is 18.7 Å². The number of carbonyl (C=O) groups is 1. The van der Waals surface area contributed by atoms with Gasteiger partial charge in [-0.1, -0.05) is 39.0 Å². The molecular weight excluding hydrogens is 243 g/mol. The molecule has 4 heteroatoms. The molecule has 0 saturated heterocycles. The van der Waals surface area contributed by atoms with Crippen LogP contribution in [0.2, 0.25) is 0 Å². The fraction of sp³-hybridized carbons (Fsp3) is 0.533. The van der Waals surface area contributed by atoms with Crippen LogP contribution in [-0.2, 0) is 10.2 Å². The molecule has 0 fully saturated rings. The van der Waals surface area contributed by atoms with E-state index in [1.165, 1.54) is 6.07 Å². The maximum atomic E-state index is 13.8. The molecule has 0 heterocycles. The van der Waals surface area contributed by atoms with Crippen LogP contribution in [0.5, 0.6) is 0 Å². The molecule has 106 valence electrons. The average molecular weight is 266 g/mol. The number of rotatable bonds is 6. The molecule has 0 spiro atoms. The van der Waals surface area contributed by atoms with Crippen LogP contribution in [0.4, 0.5) is 4.39 Å². The first-order valence-electron chi connectivity index (χ1n) is 6.56. The maximum Gasteiger partial charge on any atom is 0.224 e. The van der Waals surface area contributed by atoms with Crippen molar-refractivity contribution in [2.45, 2.75) is 26.2 Å². The average Bonchev–Trinajstić information content (AvgIpc) is 2.36. The molecule has 0 saturated carbocycles. The van der Waals surface area contributed by atoms with Crippen molar-refractivity contribution < 1.29 is 9.18 Å². The SMILES string of the molecule is CNCC(C)C(=O)NCC(C)(C)c1ccccc1F. The van der Waals surface area contributed by atoms with E-state index in [9.17, 15) is 9.18 Å². The van der Waals surface area contributed by atoms with Crippen molar-refractivity contribution >= 4 is 5.91 Å². The summed E-state index contributed by atoms with van der Waals surface area (Å²) in [7, 11) is 1.81. The summed E-state index contributed by atoms with van der Waals surface area (Å²) in [6.07, 6.45) is 0. The van der Waals surface area contributed by atoms with Crippen LogP contribution < -0.4 is 10.6 Å². The summed E-state index contributed by atoms with van der Waals surface area (Å²) in [6, 6.07) is 6.69. The smallest absolute Gasteiger partial charge is 0.224 e. The van der Waals surface area contributed by atoms with Crippen LogP contribution in [0, 0.1) is 11.7 Å². The van der Waals surface area contributed by atoms with Gasteiger partial charge >= 0.3 is 0 Å². The van der Waals surface area contributed by atoms with E-state index in [1.807, 2.05) is 33.9 Å². The van der Waals surface area contributed by atoms with Crippen LogP contribution in [0.25, 0.3) is 0 Å². The first-order chi connectivity index (χ1) is 8.88. The first kappa shape index (κ1) is 15.6. The number of hydrogen-bond donors (Lipinski definition) is 2. The van der Waals surface area contributed by atoms with E-state index in [1.54, 1.807) is 12.1 Å². The number of hydrogen-bond acceptors (Lipinski definition) is 2. The Morgan fingerprint density at radius 2 is 2.00 bits per heavy atom. The molecule has 1 unspecified atom stereocenters. The topological polar surface area (TPSA) is 41.1 Å². The second-order valence-electron chi connectivity index (χ2n) is 5.54. The van der Waals surface area contributed by atoms with Crippen molar-refractivity contribution in [2.75, 3.05) is 20.1 Å². The summed E-state index contributed by atoms with van der Waals surface area (Å²) in [4.78, 5) is 11.9. The summed E-state index contributed by atoms with van der Waals surface area (Å²) in [5, 5.41) is 5.85. The van der Waals surface area contributed by atoms with Crippen LogP contribution in [0.3, 0.4) is 0 Å². The molecule has 3 nitrogen and oxygen atoms in total. The van der Waals surface area contributed by atoms with E-state index in [0.717, 1.165) is 0 Å². The van der Waals surface area contributed by atoms with Gasteiger partial charge in [0.1, 0.15) is 5.82 Å². The van der Waals surface area contributed by atoms with Crippen LogP contribution >= 0.6 is 0 Å². The van der Waals surface area contributed by atoms with Crippen LogP contribution in [0.15, 0.2) is 24.3 Å². The molecule has 0 aliphatic rings. The largest absolute Gasteiger partial charge is 0.355 e. The normalized spacial score (nSPS) is 13.1. The predicted octanol–water partition coefficient (Wildman–Crippen LogP) is 2.07. The summed E-state index contributed by atoms with van der Waals surface area (Å²) < 4.78 is 13.8. The zero-order chi connectivity index (χ0) is 14.5. The van der Waals surface area contributed by atoms with E-state index >= 15 is 0 Å². The lowest BCUT2D eigenvalue weighted by Crippen LogP contribution is -2.41. The number of benzene rings is 1. The molecule has 2 N–H and O–H groups in total. The molecule has 1 rings (SSSR count). The highest BCUT2D eigenvalue weighted by Crippen LogP contribution is 2.24. The second-order valence-corrected chi connectivity index (χ2v) is 5.54. The third kappa shape index (κ3) is 4.31. The maximum absolute atomic E-state index is 13.8. The van der Waals surface area contributed by atoms with Crippen LogP contribution in [0.1, 0.15) is 26.3 Å². The lowest BCUT2D eigenvalue weighted by Gasteiger charge is -2.26. The molecule has 1 amide bonds. The summed E-state index contributed by atoms with van der Waals surface area (Å²) in [6.45, 7) is 6.76. The molecular formula is C15H23FN2O. The molecule has 0 aliphatic heterocycles. The first-order valence-corrected chi connectivity index (χ1v) is 6.56. The Hall–Kier alpha value is -1.42. The van der Waals surface area contributed by atoms with Gasteiger partial charge in [0.25, 0.3) is 0 Å². The number of nitrogens with one attached hydrogen (secondary N) is 2. The summed E-state index contributed by atoms with van der Waals surface area (Å²) in [5.41, 5.74) is 0.192. The highest BCUT2D eigenvalue weighted by Gasteiger charge is 2.25. The fourth-order valence-electron chi connectivity index (χ4n) is 1.99. The molecule has 19 heavy (non-hydrogen) atoms. The van der Waals surface area contributed by atoms with Crippen molar-refractivity contribution in [1.29, 1.82) is 0 Å². The minimum atomic E-state index is -0.430. The number of amides is 1. The molecule has 1 atom stereocenters. The zero-order valence-electron chi connectivity index (χ0n) is 12.1. The third-order valence-corrected chi connectivity index (χ3v) is 3.27. The molecule has 0 aliphatic carbocycles. The van der Waals surface area contributed by atoms with Gasteiger partial charge in [-0.05, 0) is 18.7 Å². The molecule has 1 aromatic carbocycles. The number of halogens is 1. The molecule has 0 bridgehead atoms. The molecule has 1 aromatic rings. The van der Waals surface area contributed by atoms with E-state index in [4.69, 9.17) is 0 Å². The summed E-state index contributed by atoms with van der Waals surface area (Å²) in [5.74, 6) is -0.342. The van der Waals surface area contributed by atoms with Crippen LogP contribution in [-0.4, -0.2) is 26.0 Å². The van der Waals surface area contributed by atoms with Gasteiger partial charge in [0.2, 0.25) is 5.91 Å². The van der Waals surface area contributed by atoms with Crippen molar-refractivity contribution in [1.82, 2.24) is 10.6 Å². The number of carbonyl (C=O) groups excluding carboxylic acids is 1. The van der Waals surface area contributed by atoms with Crippen molar-refractivity contribution in [2.24, 2.45) is 5.92 Å². The lowest BCUT2D eigenvalue weighted by atomic mass is 9.84. The lowest BCUT2D eigenvalue weighted by molar-refractivity contribution is -0.124. The van der Waals surface area contributed by atoms with Gasteiger partial charge in [-0.3, -0.25) is 4.79 Å². The highest BCUT2D eigenvalue weighted by molar-refractivity contribution is 5.78. The Kier molecular flexibility index (Phi) is 5.48. The monoisotopic (exact) mass is 266 g/mol. The second kappa shape index (κ2) is 6.66. The van der Waals surface area contributed by atoms with E-state index in [-0.39, 0.29) is 17.6 Å². The zero-order valence-corrected chi connectivity index (χ0v) is 12.1. The van der Waals surface area contributed by atoms with Gasteiger partial charge in [0.05, 0.1) is 0 Å². The van der Waals surface area contributed by atoms with Crippen molar-refractivity contribution in [3.63, 3.8) is 0 Å². The van der Waals surface area contributed by atoms with Gasteiger partial charge in [-0.15, -0.1) is 0 Å². The van der Waals surface area contributed by atoms with E-state index in [2.05, 4.69) is 10.6 Å². The fourth-order valence-corrected chi connectivity index (χ4v) is 1.99. The van der Waals surface area contributed by atoms with Crippen molar-refractivity contribution in [3.8, 4) is 0 Å². The van der Waals surface area contributed by atoms with Gasteiger partial charge in [0, 0.05) is 24.4 Å². The van der Waals surface area contributed by atoms with Gasteiger partial charge in [-0.25, -0.2) is 4.39 Å². The van der Waals surface area contributed by atoms with Gasteiger partial charge in [0.15, 0.2) is 0 Å². The standard InChI is InChI=1S/C15H23FN2O/c1-11(9-17-4)14(19)18-10-15(2,3)12-7-5-6-8-13(12)16/h5-8,11,17H,9-10H2,1-4H3,(H,18,19). The Bertz CT molecular complexity index is 432. The van der Waals surface area contributed by atoms with Gasteiger partial charge < -0.3 is 10.6 Å². The summed E-state index contributed by atoms with van der Waals surface area (Å²) >= 11 is 0. The Morgan fingerprint density at radius 1 is 1.37 bits per heavy atom.